The number of aromatic nitrogens is 2. The van der Waals surface area contributed by atoms with Crippen molar-refractivity contribution in [1.82, 2.24) is 19.8 Å². The van der Waals surface area contributed by atoms with Gasteiger partial charge in [-0.3, -0.25) is 9.69 Å². The summed E-state index contributed by atoms with van der Waals surface area (Å²) < 4.78 is 0. The van der Waals surface area contributed by atoms with Crippen molar-refractivity contribution < 1.29 is 9.59 Å². The maximum atomic E-state index is 13.6. The number of hydrogen-bond acceptors (Lipinski definition) is 6. The number of nitrogens with zero attached hydrogens (tertiary/aromatic N) is 6. The zero-order chi connectivity index (χ0) is 26.4. The molecule has 0 spiro atoms. The molecular weight excluding hydrogens is 478 g/mol. The third kappa shape index (κ3) is 4.18. The van der Waals surface area contributed by atoms with Crippen LogP contribution in [0.5, 0.6) is 0 Å². The fraction of sp³-hybridized carbons (Fsp3) is 0.310. The Kier molecular flexibility index (Phi) is 6.07. The van der Waals surface area contributed by atoms with Gasteiger partial charge in [0.1, 0.15) is 5.82 Å². The van der Waals surface area contributed by atoms with E-state index < -0.39 is 0 Å². The molecule has 3 aliphatic rings. The Morgan fingerprint density at radius 1 is 1.08 bits per heavy atom. The molecule has 1 atom stereocenters. The maximum absolute atomic E-state index is 13.6. The van der Waals surface area contributed by atoms with E-state index >= 15 is 0 Å². The van der Waals surface area contributed by atoms with Gasteiger partial charge >= 0.3 is 6.03 Å². The standard InChI is InChI=1S/C29H31N7O2/c1-4-26(37)35-14-12-25(23-7-5-6-8-24(23)35)36-18-21-16-30-28(32-27(21)34(3)29(36)38)31-22-10-9-20-17-33(2)13-11-19(20)15-22/h4-10,15-16,25H,1,11-14,17-18H2,2-3H3,(H,30,31,32). The second kappa shape index (κ2) is 9.57. The van der Waals surface area contributed by atoms with Gasteiger partial charge < -0.3 is 20.0 Å². The summed E-state index contributed by atoms with van der Waals surface area (Å²) in [5.74, 6) is 0.935. The van der Waals surface area contributed by atoms with Gasteiger partial charge in [-0.15, -0.1) is 0 Å². The summed E-state index contributed by atoms with van der Waals surface area (Å²) in [6, 6.07) is 13.9. The lowest BCUT2D eigenvalue weighted by atomic mass is 9.94. The zero-order valence-corrected chi connectivity index (χ0v) is 21.7. The van der Waals surface area contributed by atoms with E-state index in [4.69, 9.17) is 4.98 Å². The first-order valence-electron chi connectivity index (χ1n) is 12.9. The van der Waals surface area contributed by atoms with Gasteiger partial charge in [-0.25, -0.2) is 9.78 Å². The molecule has 4 heterocycles. The van der Waals surface area contributed by atoms with E-state index in [-0.39, 0.29) is 18.0 Å². The minimum absolute atomic E-state index is 0.122. The van der Waals surface area contributed by atoms with Gasteiger partial charge in [0.15, 0.2) is 0 Å². The van der Waals surface area contributed by atoms with Crippen LogP contribution in [-0.4, -0.2) is 58.9 Å². The van der Waals surface area contributed by atoms with Crippen molar-refractivity contribution >= 4 is 35.1 Å². The number of urea groups is 1. The summed E-state index contributed by atoms with van der Waals surface area (Å²) in [4.78, 5) is 42.8. The summed E-state index contributed by atoms with van der Waals surface area (Å²) in [7, 11) is 3.89. The second-order valence-electron chi connectivity index (χ2n) is 10.2. The molecule has 0 radical (unpaired) electrons. The number of benzene rings is 2. The van der Waals surface area contributed by atoms with Crippen molar-refractivity contribution in [3.05, 3.63) is 83.6 Å². The molecule has 194 valence electrons. The van der Waals surface area contributed by atoms with Gasteiger partial charge in [0.05, 0.1) is 12.6 Å². The first-order chi connectivity index (χ1) is 18.4. The van der Waals surface area contributed by atoms with Crippen molar-refractivity contribution in [3.8, 4) is 0 Å². The zero-order valence-electron chi connectivity index (χ0n) is 21.7. The van der Waals surface area contributed by atoms with E-state index in [2.05, 4.69) is 47.0 Å². The van der Waals surface area contributed by atoms with Gasteiger partial charge in [0.2, 0.25) is 11.9 Å². The molecule has 3 aliphatic heterocycles. The molecule has 0 aliphatic carbocycles. The molecule has 3 amide bonds. The van der Waals surface area contributed by atoms with E-state index in [1.54, 1.807) is 23.0 Å². The van der Waals surface area contributed by atoms with E-state index in [9.17, 15) is 9.59 Å². The van der Waals surface area contributed by atoms with E-state index in [1.807, 2.05) is 29.2 Å². The molecule has 1 unspecified atom stereocenters. The van der Waals surface area contributed by atoms with Gasteiger partial charge in [-0.2, -0.15) is 4.98 Å². The quantitative estimate of drug-likeness (QED) is 0.530. The minimum Gasteiger partial charge on any atom is -0.324 e. The molecule has 0 fully saturated rings. The first-order valence-corrected chi connectivity index (χ1v) is 12.9. The van der Waals surface area contributed by atoms with Crippen molar-refractivity contribution in [2.24, 2.45) is 0 Å². The van der Waals surface area contributed by atoms with E-state index in [0.717, 1.165) is 42.0 Å². The van der Waals surface area contributed by atoms with Crippen LogP contribution >= 0.6 is 0 Å². The molecule has 9 heteroatoms. The summed E-state index contributed by atoms with van der Waals surface area (Å²) in [5, 5.41) is 3.33. The highest BCUT2D eigenvalue weighted by atomic mass is 16.2. The van der Waals surface area contributed by atoms with Crippen molar-refractivity contribution in [2.75, 3.05) is 42.3 Å². The summed E-state index contributed by atoms with van der Waals surface area (Å²) >= 11 is 0. The minimum atomic E-state index is -0.157. The Hall–Kier alpha value is -4.24. The lowest BCUT2D eigenvalue weighted by molar-refractivity contribution is -0.114. The largest absolute Gasteiger partial charge is 0.326 e. The third-order valence-corrected chi connectivity index (χ3v) is 7.73. The van der Waals surface area contributed by atoms with Crippen LogP contribution in [0.25, 0.3) is 0 Å². The first kappa shape index (κ1) is 24.1. The highest BCUT2D eigenvalue weighted by Gasteiger charge is 2.38. The molecule has 2 aromatic carbocycles. The van der Waals surface area contributed by atoms with Crippen LogP contribution in [0, 0.1) is 0 Å². The molecule has 0 bridgehead atoms. The van der Waals surface area contributed by atoms with Crippen molar-refractivity contribution in [1.29, 1.82) is 0 Å². The fourth-order valence-electron chi connectivity index (χ4n) is 5.74. The van der Waals surface area contributed by atoms with Crippen LogP contribution in [-0.2, 0) is 24.3 Å². The highest BCUT2D eigenvalue weighted by Crippen LogP contribution is 2.41. The van der Waals surface area contributed by atoms with Crippen LogP contribution < -0.4 is 15.1 Å². The van der Waals surface area contributed by atoms with Crippen molar-refractivity contribution in [3.63, 3.8) is 0 Å². The van der Waals surface area contributed by atoms with Crippen LogP contribution in [0.15, 0.2) is 61.3 Å². The lowest BCUT2D eigenvalue weighted by Gasteiger charge is -2.43. The number of amides is 3. The van der Waals surface area contributed by atoms with Crippen molar-refractivity contribution in [2.45, 2.75) is 32.0 Å². The Morgan fingerprint density at radius 3 is 2.76 bits per heavy atom. The number of fused-ring (bicyclic) bond motifs is 3. The fourth-order valence-corrected chi connectivity index (χ4v) is 5.74. The predicted molar refractivity (Wildman–Crippen MR) is 147 cm³/mol. The Labute approximate surface area is 222 Å². The SMILES string of the molecule is C=CC(=O)N1CCC(N2Cc3cnc(Nc4ccc5c(c4)CCN(C)C5)nc3N(C)C2=O)c2ccccc21. The van der Waals surface area contributed by atoms with Crippen LogP contribution in [0.2, 0.25) is 0 Å². The molecule has 6 rings (SSSR count). The number of anilines is 4. The Balaban J connectivity index is 1.25. The average Bonchev–Trinajstić information content (AvgIpc) is 2.94. The smallest absolute Gasteiger partial charge is 0.324 e. The van der Waals surface area contributed by atoms with E-state index in [0.29, 0.717) is 31.3 Å². The molecule has 38 heavy (non-hydrogen) atoms. The summed E-state index contributed by atoms with van der Waals surface area (Å²) in [6.45, 7) is 6.56. The molecule has 1 N–H and O–H groups in total. The second-order valence-corrected chi connectivity index (χ2v) is 10.2. The predicted octanol–water partition coefficient (Wildman–Crippen LogP) is 4.24. The number of para-hydroxylation sites is 1. The van der Waals surface area contributed by atoms with Crippen LogP contribution in [0.4, 0.5) is 27.9 Å². The molecule has 0 saturated carbocycles. The van der Waals surface area contributed by atoms with E-state index in [1.165, 1.54) is 17.2 Å². The topological polar surface area (TPSA) is 84.9 Å². The number of nitrogens with one attached hydrogen (secondary N) is 1. The molecular formula is C29H31N7O2. The van der Waals surface area contributed by atoms with Gasteiger partial charge in [0.25, 0.3) is 0 Å². The molecule has 3 aromatic rings. The number of hydrogen-bond donors (Lipinski definition) is 1. The number of rotatable bonds is 4. The maximum Gasteiger partial charge on any atom is 0.326 e. The highest BCUT2D eigenvalue weighted by molar-refractivity contribution is 6.02. The van der Waals surface area contributed by atoms with Gasteiger partial charge in [-0.1, -0.05) is 30.8 Å². The monoisotopic (exact) mass is 509 g/mol. The molecule has 9 nitrogen and oxygen atoms in total. The van der Waals surface area contributed by atoms with Gasteiger partial charge in [0, 0.05) is 49.8 Å². The molecule has 1 aromatic heterocycles. The number of carbonyl (C=O) groups is 2. The van der Waals surface area contributed by atoms with Crippen LogP contribution in [0.1, 0.15) is 34.7 Å². The number of carbonyl (C=O) groups excluding carboxylic acids is 2. The Bertz CT molecular complexity index is 1440. The lowest BCUT2D eigenvalue weighted by Crippen LogP contribution is -2.49. The summed E-state index contributed by atoms with van der Waals surface area (Å²) in [6.07, 6.45) is 4.79. The molecule has 0 saturated heterocycles. The third-order valence-electron chi connectivity index (χ3n) is 7.73. The van der Waals surface area contributed by atoms with Gasteiger partial charge in [-0.05, 0) is 60.9 Å². The van der Waals surface area contributed by atoms with Crippen LogP contribution in [0.3, 0.4) is 0 Å². The number of likely N-dealkylation sites (N-methyl/N-ethyl adjacent to an activating group) is 1. The average molecular weight is 510 g/mol. The Morgan fingerprint density at radius 2 is 1.92 bits per heavy atom. The summed E-state index contributed by atoms with van der Waals surface area (Å²) in [5.41, 5.74) is 6.29. The normalized spacial score (nSPS) is 18.9.